The highest BCUT2D eigenvalue weighted by atomic mass is 16.3. The minimum absolute atomic E-state index is 0.0162. The predicted molar refractivity (Wildman–Crippen MR) is 90.8 cm³/mol. The summed E-state index contributed by atoms with van der Waals surface area (Å²) in [5.41, 5.74) is -0.248. The fraction of sp³-hybridized carbons (Fsp3) is 0.850. The molecule has 2 N–H and O–H groups in total. The Labute approximate surface area is 140 Å². The van der Waals surface area contributed by atoms with Crippen LogP contribution >= 0.6 is 0 Å². The topological polar surface area (TPSA) is 57.5 Å². The van der Waals surface area contributed by atoms with Gasteiger partial charge in [0.05, 0.1) is 12.2 Å². The summed E-state index contributed by atoms with van der Waals surface area (Å²) in [5, 5.41) is 20.7. The maximum Gasteiger partial charge on any atom is 0.142 e. The molecule has 0 aromatic carbocycles. The van der Waals surface area contributed by atoms with Gasteiger partial charge >= 0.3 is 0 Å². The van der Waals surface area contributed by atoms with Gasteiger partial charge in [-0.3, -0.25) is 4.79 Å². The summed E-state index contributed by atoms with van der Waals surface area (Å²) in [6, 6.07) is 0. The Kier molecular flexibility index (Phi) is 4.98. The SMILES string of the molecule is CC1C(=O)[C@]2(C)CC[C@H](O)[C@@H](/C=C/[C@H](O)CC3CCCCC3)[C@H]12. The van der Waals surface area contributed by atoms with Crippen molar-refractivity contribution in [1.29, 1.82) is 0 Å². The standard InChI is InChI=1S/C20H32O3/c1-13-18-16(17(22)10-11-20(18,2)19(13)23)9-8-15(21)12-14-6-4-3-5-7-14/h8-9,13-18,21-22H,3-7,10-12H2,1-2H3/b9-8+/t13?,15-,16+,17-,18-,20+/m0/s1. The Hall–Kier alpha value is -0.670. The van der Waals surface area contributed by atoms with Crippen LogP contribution in [-0.4, -0.2) is 28.2 Å². The predicted octanol–water partition coefficient (Wildman–Crippen LogP) is 3.49. The zero-order chi connectivity index (χ0) is 16.6. The Balaban J connectivity index is 1.61. The normalized spacial score (nSPS) is 43.2. The lowest BCUT2D eigenvalue weighted by Gasteiger charge is -2.57. The molecule has 0 radical (unpaired) electrons. The number of carbonyl (C=O) groups is 1. The highest BCUT2D eigenvalue weighted by molar-refractivity contribution is 5.93. The van der Waals surface area contributed by atoms with E-state index in [0.717, 1.165) is 12.8 Å². The van der Waals surface area contributed by atoms with Gasteiger partial charge in [-0.1, -0.05) is 58.1 Å². The zero-order valence-electron chi connectivity index (χ0n) is 14.6. The third kappa shape index (κ3) is 3.15. The average molecular weight is 320 g/mol. The van der Waals surface area contributed by atoms with Crippen molar-refractivity contribution >= 4 is 5.78 Å². The van der Waals surface area contributed by atoms with Crippen LogP contribution in [0.2, 0.25) is 0 Å². The first-order chi connectivity index (χ1) is 10.9. The molecule has 0 saturated heterocycles. The maximum absolute atomic E-state index is 12.2. The van der Waals surface area contributed by atoms with Crippen molar-refractivity contribution in [3.05, 3.63) is 12.2 Å². The molecule has 0 amide bonds. The second kappa shape index (κ2) is 6.68. The van der Waals surface area contributed by atoms with Gasteiger partial charge in [-0.15, -0.1) is 0 Å². The summed E-state index contributed by atoms with van der Waals surface area (Å²) in [6.07, 6.45) is 11.9. The number of hydrogen-bond donors (Lipinski definition) is 2. The van der Waals surface area contributed by atoms with Crippen LogP contribution in [0, 0.1) is 29.1 Å². The molecule has 3 aliphatic rings. The van der Waals surface area contributed by atoms with Crippen LogP contribution in [0.1, 0.15) is 65.2 Å². The molecule has 3 rings (SSSR count). The minimum Gasteiger partial charge on any atom is -0.393 e. The zero-order valence-corrected chi connectivity index (χ0v) is 14.6. The third-order valence-corrected chi connectivity index (χ3v) is 6.92. The molecule has 6 atom stereocenters. The monoisotopic (exact) mass is 320 g/mol. The summed E-state index contributed by atoms with van der Waals surface area (Å²) >= 11 is 0. The summed E-state index contributed by atoms with van der Waals surface area (Å²) in [4.78, 5) is 12.2. The highest BCUT2D eigenvalue weighted by Gasteiger charge is 2.61. The van der Waals surface area contributed by atoms with E-state index in [0.29, 0.717) is 18.1 Å². The van der Waals surface area contributed by atoms with Crippen molar-refractivity contribution in [1.82, 2.24) is 0 Å². The Morgan fingerprint density at radius 2 is 1.96 bits per heavy atom. The van der Waals surface area contributed by atoms with Gasteiger partial charge < -0.3 is 10.2 Å². The molecule has 130 valence electrons. The molecule has 3 nitrogen and oxygen atoms in total. The van der Waals surface area contributed by atoms with Gasteiger partial charge in [0.2, 0.25) is 0 Å². The number of ketones is 1. The molecular weight excluding hydrogens is 288 g/mol. The van der Waals surface area contributed by atoms with Gasteiger partial charge in [0.25, 0.3) is 0 Å². The van der Waals surface area contributed by atoms with Crippen molar-refractivity contribution < 1.29 is 15.0 Å². The smallest absolute Gasteiger partial charge is 0.142 e. The van der Waals surface area contributed by atoms with Crippen LogP contribution in [0.5, 0.6) is 0 Å². The third-order valence-electron chi connectivity index (χ3n) is 6.92. The second-order valence-electron chi connectivity index (χ2n) is 8.47. The van der Waals surface area contributed by atoms with Crippen molar-refractivity contribution in [2.45, 2.75) is 77.4 Å². The van der Waals surface area contributed by atoms with Gasteiger partial charge in [0, 0.05) is 17.3 Å². The first-order valence-corrected chi connectivity index (χ1v) is 9.52. The Morgan fingerprint density at radius 1 is 1.26 bits per heavy atom. The van der Waals surface area contributed by atoms with Crippen molar-refractivity contribution in [3.8, 4) is 0 Å². The number of fused-ring (bicyclic) bond motifs is 1. The van der Waals surface area contributed by atoms with E-state index in [4.69, 9.17) is 0 Å². The van der Waals surface area contributed by atoms with Crippen molar-refractivity contribution in [3.63, 3.8) is 0 Å². The molecule has 3 saturated carbocycles. The molecule has 0 bridgehead atoms. The molecule has 23 heavy (non-hydrogen) atoms. The Bertz CT molecular complexity index is 466. The lowest BCUT2D eigenvalue weighted by molar-refractivity contribution is -0.170. The first-order valence-electron chi connectivity index (χ1n) is 9.52. The van der Waals surface area contributed by atoms with E-state index in [-0.39, 0.29) is 29.3 Å². The molecule has 3 heteroatoms. The van der Waals surface area contributed by atoms with Gasteiger partial charge in [-0.25, -0.2) is 0 Å². The maximum atomic E-state index is 12.2. The molecular formula is C20H32O3. The molecule has 3 fully saturated rings. The number of hydrogen-bond acceptors (Lipinski definition) is 3. The lowest BCUT2D eigenvalue weighted by Crippen LogP contribution is -2.62. The fourth-order valence-electron chi connectivity index (χ4n) is 5.58. The number of Topliss-reactive ketones (excluding diaryl/α,β-unsaturated/α-hetero) is 1. The van der Waals surface area contributed by atoms with Crippen LogP contribution in [0.4, 0.5) is 0 Å². The van der Waals surface area contributed by atoms with Crippen LogP contribution in [-0.2, 0) is 4.79 Å². The molecule has 3 aliphatic carbocycles. The Morgan fingerprint density at radius 3 is 2.65 bits per heavy atom. The number of aliphatic hydroxyl groups excluding tert-OH is 2. The van der Waals surface area contributed by atoms with E-state index in [2.05, 4.69) is 6.92 Å². The highest BCUT2D eigenvalue weighted by Crippen LogP contribution is 2.58. The van der Waals surface area contributed by atoms with E-state index in [1.54, 1.807) is 0 Å². The molecule has 0 aromatic heterocycles. The van der Waals surface area contributed by atoms with E-state index in [9.17, 15) is 15.0 Å². The summed E-state index contributed by atoms with van der Waals surface area (Å²) in [5.74, 6) is 1.30. The van der Waals surface area contributed by atoms with E-state index in [1.807, 2.05) is 19.1 Å². The van der Waals surface area contributed by atoms with E-state index in [1.165, 1.54) is 32.1 Å². The van der Waals surface area contributed by atoms with Gasteiger partial charge in [-0.2, -0.15) is 0 Å². The van der Waals surface area contributed by atoms with Gasteiger partial charge in [-0.05, 0) is 31.1 Å². The van der Waals surface area contributed by atoms with Crippen molar-refractivity contribution in [2.75, 3.05) is 0 Å². The molecule has 0 aliphatic heterocycles. The largest absolute Gasteiger partial charge is 0.393 e. The van der Waals surface area contributed by atoms with Gasteiger partial charge in [0.1, 0.15) is 5.78 Å². The number of aliphatic hydroxyl groups is 2. The molecule has 0 aromatic rings. The molecule has 0 spiro atoms. The second-order valence-corrected chi connectivity index (χ2v) is 8.47. The van der Waals surface area contributed by atoms with Gasteiger partial charge in [0.15, 0.2) is 0 Å². The minimum atomic E-state index is -0.412. The number of carbonyl (C=O) groups excluding carboxylic acids is 1. The van der Waals surface area contributed by atoms with Crippen LogP contribution < -0.4 is 0 Å². The van der Waals surface area contributed by atoms with Crippen molar-refractivity contribution in [2.24, 2.45) is 29.1 Å². The summed E-state index contributed by atoms with van der Waals surface area (Å²) < 4.78 is 0. The first kappa shape index (κ1) is 17.2. The summed E-state index contributed by atoms with van der Waals surface area (Å²) in [7, 11) is 0. The molecule has 1 unspecified atom stereocenters. The van der Waals surface area contributed by atoms with Crippen LogP contribution in [0.15, 0.2) is 12.2 Å². The number of rotatable bonds is 4. The molecule has 0 heterocycles. The summed E-state index contributed by atoms with van der Waals surface area (Å²) in [6.45, 7) is 4.05. The quantitative estimate of drug-likeness (QED) is 0.780. The van der Waals surface area contributed by atoms with E-state index < -0.39 is 6.10 Å². The van der Waals surface area contributed by atoms with E-state index >= 15 is 0 Å². The van der Waals surface area contributed by atoms with Crippen LogP contribution in [0.3, 0.4) is 0 Å². The van der Waals surface area contributed by atoms with Crippen LogP contribution in [0.25, 0.3) is 0 Å². The fourth-order valence-corrected chi connectivity index (χ4v) is 5.58. The average Bonchev–Trinajstić information content (AvgIpc) is 2.55. The lowest BCUT2D eigenvalue weighted by atomic mass is 9.45.